The molecule has 0 spiro atoms. The number of alkyl halides is 1. The lowest BCUT2D eigenvalue weighted by molar-refractivity contribution is -0.142. The molecule has 0 aliphatic heterocycles. The molecule has 2 rings (SSSR count). The van der Waals surface area contributed by atoms with E-state index in [0.29, 0.717) is 5.56 Å². The third-order valence-corrected chi connectivity index (χ3v) is 2.50. The standard InChI is InChI=1S/C13H11FO2/c14-12(13(15)16)8-9-5-6-10-3-1-2-4-11(10)7-9/h1-7,12H,8H2,(H,15,16)/t12-/m0/s1. The number of carboxylic acid groups (broad SMARTS) is 1. The number of halogens is 1. The number of benzene rings is 2. The lowest BCUT2D eigenvalue weighted by Gasteiger charge is -2.05. The average molecular weight is 218 g/mol. The summed E-state index contributed by atoms with van der Waals surface area (Å²) in [7, 11) is 0. The van der Waals surface area contributed by atoms with Crippen LogP contribution in [0.5, 0.6) is 0 Å². The van der Waals surface area contributed by atoms with Crippen LogP contribution in [0, 0.1) is 0 Å². The van der Waals surface area contributed by atoms with Crippen molar-refractivity contribution in [3.63, 3.8) is 0 Å². The second-order valence-corrected chi connectivity index (χ2v) is 3.69. The highest BCUT2D eigenvalue weighted by Gasteiger charge is 2.15. The quantitative estimate of drug-likeness (QED) is 0.860. The van der Waals surface area contributed by atoms with Crippen LogP contribution in [-0.2, 0) is 11.2 Å². The van der Waals surface area contributed by atoms with Gasteiger partial charge in [-0.05, 0) is 16.3 Å². The molecule has 2 aromatic carbocycles. The van der Waals surface area contributed by atoms with Crippen LogP contribution in [0.1, 0.15) is 5.56 Å². The molecule has 0 heterocycles. The van der Waals surface area contributed by atoms with Gasteiger partial charge in [0.1, 0.15) is 0 Å². The van der Waals surface area contributed by atoms with Crippen molar-refractivity contribution in [2.24, 2.45) is 0 Å². The molecule has 1 N–H and O–H groups in total. The Morgan fingerprint density at radius 2 is 1.88 bits per heavy atom. The predicted molar refractivity (Wildman–Crippen MR) is 60.2 cm³/mol. The summed E-state index contributed by atoms with van der Waals surface area (Å²) in [6.07, 6.45) is -1.92. The Kier molecular flexibility index (Phi) is 2.86. The summed E-state index contributed by atoms with van der Waals surface area (Å²) >= 11 is 0. The number of hydrogen-bond acceptors (Lipinski definition) is 1. The van der Waals surface area contributed by atoms with Gasteiger partial charge in [-0.15, -0.1) is 0 Å². The van der Waals surface area contributed by atoms with Gasteiger partial charge >= 0.3 is 5.97 Å². The first kappa shape index (κ1) is 10.6. The van der Waals surface area contributed by atoms with Crippen LogP contribution < -0.4 is 0 Å². The summed E-state index contributed by atoms with van der Waals surface area (Å²) in [5.41, 5.74) is 0.702. The maximum absolute atomic E-state index is 13.0. The van der Waals surface area contributed by atoms with Gasteiger partial charge in [0.2, 0.25) is 6.17 Å². The molecular formula is C13H11FO2. The molecule has 0 radical (unpaired) electrons. The molecule has 3 heteroatoms. The topological polar surface area (TPSA) is 37.3 Å². The molecule has 2 aromatic rings. The molecule has 16 heavy (non-hydrogen) atoms. The zero-order valence-corrected chi connectivity index (χ0v) is 8.56. The number of rotatable bonds is 3. The van der Waals surface area contributed by atoms with E-state index in [4.69, 9.17) is 5.11 Å². The molecule has 2 nitrogen and oxygen atoms in total. The zero-order chi connectivity index (χ0) is 11.5. The summed E-state index contributed by atoms with van der Waals surface area (Å²) < 4.78 is 13.0. The Morgan fingerprint density at radius 3 is 2.56 bits per heavy atom. The largest absolute Gasteiger partial charge is 0.479 e. The first-order valence-corrected chi connectivity index (χ1v) is 5.01. The number of fused-ring (bicyclic) bond motifs is 1. The predicted octanol–water partition coefficient (Wildman–Crippen LogP) is 2.81. The van der Waals surface area contributed by atoms with Crippen LogP contribution in [0.15, 0.2) is 42.5 Å². The minimum absolute atomic E-state index is 0.0832. The highest BCUT2D eigenvalue weighted by molar-refractivity contribution is 5.83. The molecule has 0 amide bonds. The Morgan fingerprint density at radius 1 is 1.19 bits per heavy atom. The second-order valence-electron chi connectivity index (χ2n) is 3.69. The van der Waals surface area contributed by atoms with E-state index in [1.165, 1.54) is 0 Å². The molecule has 1 atom stereocenters. The Hall–Kier alpha value is -1.90. The van der Waals surface area contributed by atoms with E-state index < -0.39 is 12.1 Å². The van der Waals surface area contributed by atoms with Crippen molar-refractivity contribution in [3.8, 4) is 0 Å². The Labute approximate surface area is 92.3 Å². The van der Waals surface area contributed by atoms with Crippen LogP contribution >= 0.6 is 0 Å². The highest BCUT2D eigenvalue weighted by atomic mass is 19.1. The Bertz CT molecular complexity index is 522. The fourth-order valence-corrected chi connectivity index (χ4v) is 1.66. The monoisotopic (exact) mass is 218 g/mol. The van der Waals surface area contributed by atoms with Gasteiger partial charge in [-0.25, -0.2) is 9.18 Å². The summed E-state index contributed by atoms with van der Waals surface area (Å²) in [6, 6.07) is 13.2. The van der Waals surface area contributed by atoms with Gasteiger partial charge in [-0.1, -0.05) is 42.5 Å². The summed E-state index contributed by atoms with van der Waals surface area (Å²) in [5, 5.41) is 10.5. The van der Waals surface area contributed by atoms with Crippen LogP contribution in [0.25, 0.3) is 10.8 Å². The fourth-order valence-electron chi connectivity index (χ4n) is 1.66. The van der Waals surface area contributed by atoms with Crippen molar-refractivity contribution in [3.05, 3.63) is 48.0 Å². The average Bonchev–Trinajstić information content (AvgIpc) is 2.28. The molecule has 0 unspecified atom stereocenters. The van der Waals surface area contributed by atoms with Crippen molar-refractivity contribution in [1.29, 1.82) is 0 Å². The van der Waals surface area contributed by atoms with Crippen LogP contribution in [-0.4, -0.2) is 17.2 Å². The van der Waals surface area contributed by atoms with Gasteiger partial charge in [0, 0.05) is 6.42 Å². The van der Waals surface area contributed by atoms with E-state index >= 15 is 0 Å². The van der Waals surface area contributed by atoms with Gasteiger partial charge in [0.15, 0.2) is 0 Å². The third kappa shape index (κ3) is 2.19. The second kappa shape index (κ2) is 4.31. The Balaban J connectivity index is 2.29. The molecule has 0 saturated carbocycles. The maximum Gasteiger partial charge on any atom is 0.338 e. The lowest BCUT2D eigenvalue weighted by atomic mass is 10.0. The first-order valence-electron chi connectivity index (χ1n) is 5.01. The summed E-state index contributed by atoms with van der Waals surface area (Å²) in [4.78, 5) is 10.4. The van der Waals surface area contributed by atoms with Gasteiger partial charge in [-0.3, -0.25) is 0 Å². The van der Waals surface area contributed by atoms with Crippen LogP contribution in [0.2, 0.25) is 0 Å². The van der Waals surface area contributed by atoms with Crippen molar-refractivity contribution in [2.75, 3.05) is 0 Å². The third-order valence-electron chi connectivity index (χ3n) is 2.50. The number of carboxylic acids is 1. The van der Waals surface area contributed by atoms with Crippen molar-refractivity contribution in [2.45, 2.75) is 12.6 Å². The van der Waals surface area contributed by atoms with Crippen molar-refractivity contribution >= 4 is 16.7 Å². The summed E-state index contributed by atoms with van der Waals surface area (Å²) in [6.45, 7) is 0. The van der Waals surface area contributed by atoms with E-state index in [2.05, 4.69) is 0 Å². The van der Waals surface area contributed by atoms with Crippen LogP contribution in [0.4, 0.5) is 4.39 Å². The smallest absolute Gasteiger partial charge is 0.338 e. The molecule has 82 valence electrons. The van der Waals surface area contributed by atoms with Gasteiger partial charge in [-0.2, -0.15) is 0 Å². The minimum atomic E-state index is -1.83. The summed E-state index contributed by atoms with van der Waals surface area (Å²) in [5.74, 6) is -1.41. The van der Waals surface area contributed by atoms with E-state index in [0.717, 1.165) is 10.8 Å². The zero-order valence-electron chi connectivity index (χ0n) is 8.56. The van der Waals surface area contributed by atoms with Crippen molar-refractivity contribution < 1.29 is 14.3 Å². The molecule has 0 fully saturated rings. The van der Waals surface area contributed by atoms with Gasteiger partial charge in [0.25, 0.3) is 0 Å². The van der Waals surface area contributed by atoms with Crippen molar-refractivity contribution in [1.82, 2.24) is 0 Å². The lowest BCUT2D eigenvalue weighted by Crippen LogP contribution is -2.17. The minimum Gasteiger partial charge on any atom is -0.479 e. The van der Waals surface area contributed by atoms with E-state index in [1.807, 2.05) is 36.4 Å². The molecule has 0 aliphatic carbocycles. The normalized spacial score (nSPS) is 12.6. The van der Waals surface area contributed by atoms with Gasteiger partial charge < -0.3 is 5.11 Å². The molecule has 0 aliphatic rings. The van der Waals surface area contributed by atoms with Gasteiger partial charge in [0.05, 0.1) is 0 Å². The van der Waals surface area contributed by atoms with E-state index in [1.54, 1.807) is 6.07 Å². The highest BCUT2D eigenvalue weighted by Crippen LogP contribution is 2.17. The number of hydrogen-bond donors (Lipinski definition) is 1. The molecule has 0 bridgehead atoms. The number of aliphatic carboxylic acids is 1. The molecular weight excluding hydrogens is 207 g/mol. The fraction of sp³-hybridized carbons (Fsp3) is 0.154. The van der Waals surface area contributed by atoms with Crippen LogP contribution in [0.3, 0.4) is 0 Å². The van der Waals surface area contributed by atoms with E-state index in [-0.39, 0.29) is 6.42 Å². The first-order chi connectivity index (χ1) is 7.66. The maximum atomic E-state index is 13.0. The molecule has 0 saturated heterocycles. The molecule has 0 aromatic heterocycles. The SMILES string of the molecule is O=C(O)[C@@H](F)Cc1ccc2ccccc2c1. The van der Waals surface area contributed by atoms with E-state index in [9.17, 15) is 9.18 Å². The number of carbonyl (C=O) groups is 1.